The molecule has 0 spiro atoms. The van der Waals surface area contributed by atoms with Crippen molar-refractivity contribution in [2.45, 2.75) is 25.7 Å². The van der Waals surface area contributed by atoms with Crippen molar-refractivity contribution >= 4 is 11.8 Å². The van der Waals surface area contributed by atoms with E-state index in [0.29, 0.717) is 23.3 Å². The molecule has 0 aliphatic heterocycles. The average molecular weight is 284 g/mol. The fourth-order valence-corrected chi connectivity index (χ4v) is 2.39. The van der Waals surface area contributed by atoms with Gasteiger partial charge >= 0.3 is 0 Å². The van der Waals surface area contributed by atoms with Gasteiger partial charge in [0.05, 0.1) is 24.0 Å². The molecule has 1 atom stereocenters. The Kier molecular flexibility index (Phi) is 4.62. The summed E-state index contributed by atoms with van der Waals surface area (Å²) in [5, 5.41) is 25.8. The van der Waals surface area contributed by atoms with Crippen molar-refractivity contribution in [1.29, 1.82) is 0 Å². The lowest BCUT2D eigenvalue weighted by atomic mass is 10.2. The molecule has 0 aromatic carbocycles. The Bertz CT molecular complexity index is 538. The predicted molar refractivity (Wildman–Crippen MR) is 70.7 cm³/mol. The maximum absolute atomic E-state index is 9.21. The van der Waals surface area contributed by atoms with Gasteiger partial charge in [0.15, 0.2) is 0 Å². The lowest BCUT2D eigenvalue weighted by molar-refractivity contribution is 0.113. The molecule has 7 heteroatoms. The average Bonchev–Trinajstić information content (AvgIpc) is 2.95. The Hall–Kier alpha value is -1.31. The summed E-state index contributed by atoms with van der Waals surface area (Å²) in [6, 6.07) is 1.86. The molecule has 2 heterocycles. The third kappa shape index (κ3) is 3.59. The van der Waals surface area contributed by atoms with Gasteiger partial charge in [-0.25, -0.2) is 0 Å². The van der Waals surface area contributed by atoms with Crippen LogP contribution in [0.4, 0.5) is 0 Å². The van der Waals surface area contributed by atoms with Gasteiger partial charge < -0.3 is 19.0 Å². The molecule has 2 N–H and O–H groups in total. The van der Waals surface area contributed by atoms with Crippen molar-refractivity contribution < 1.29 is 19.0 Å². The molecule has 2 aromatic heterocycles. The van der Waals surface area contributed by atoms with E-state index in [0.717, 1.165) is 17.1 Å². The minimum Gasteiger partial charge on any atom is -0.466 e. The number of hydrogen-bond donors (Lipinski definition) is 2. The number of aryl methyl sites for hydroxylation is 2. The van der Waals surface area contributed by atoms with Gasteiger partial charge in [-0.05, 0) is 19.9 Å². The van der Waals surface area contributed by atoms with Crippen molar-refractivity contribution in [2.24, 2.45) is 0 Å². The number of aromatic nitrogens is 2. The van der Waals surface area contributed by atoms with Crippen LogP contribution >= 0.6 is 11.8 Å². The van der Waals surface area contributed by atoms with Crippen LogP contribution in [-0.2, 0) is 5.75 Å². The van der Waals surface area contributed by atoms with Gasteiger partial charge in [0, 0.05) is 5.75 Å². The molecule has 104 valence electrons. The number of rotatable bonds is 6. The number of aliphatic hydroxyl groups excluding tert-OH is 2. The summed E-state index contributed by atoms with van der Waals surface area (Å²) in [5.74, 6) is 3.40. The van der Waals surface area contributed by atoms with Crippen molar-refractivity contribution in [3.8, 4) is 11.5 Å². The zero-order valence-electron chi connectivity index (χ0n) is 10.8. The molecule has 0 aliphatic carbocycles. The maximum atomic E-state index is 9.21. The fourth-order valence-electron chi connectivity index (χ4n) is 1.60. The van der Waals surface area contributed by atoms with E-state index in [1.807, 2.05) is 19.9 Å². The first-order valence-corrected chi connectivity index (χ1v) is 7.02. The summed E-state index contributed by atoms with van der Waals surface area (Å²) in [5.41, 5.74) is 0.802. The molecule has 19 heavy (non-hydrogen) atoms. The second kappa shape index (κ2) is 6.23. The van der Waals surface area contributed by atoms with Gasteiger partial charge in [0.1, 0.15) is 11.5 Å². The van der Waals surface area contributed by atoms with E-state index in [9.17, 15) is 5.11 Å². The second-order valence-corrected chi connectivity index (χ2v) is 5.21. The lowest BCUT2D eigenvalue weighted by Crippen LogP contribution is -2.14. The van der Waals surface area contributed by atoms with Crippen LogP contribution in [0.3, 0.4) is 0 Å². The van der Waals surface area contributed by atoms with Crippen molar-refractivity contribution in [1.82, 2.24) is 10.2 Å². The van der Waals surface area contributed by atoms with Crippen LogP contribution < -0.4 is 0 Å². The highest BCUT2D eigenvalue weighted by molar-refractivity contribution is 7.98. The molecule has 0 fully saturated rings. The number of nitrogens with zero attached hydrogens (tertiary/aromatic N) is 2. The summed E-state index contributed by atoms with van der Waals surface area (Å²) in [4.78, 5) is 0. The second-order valence-electron chi connectivity index (χ2n) is 4.18. The van der Waals surface area contributed by atoms with Crippen molar-refractivity contribution in [2.75, 3.05) is 12.4 Å². The van der Waals surface area contributed by atoms with Crippen LogP contribution in [0.15, 0.2) is 14.9 Å². The normalized spacial score (nSPS) is 12.8. The number of hydrogen-bond acceptors (Lipinski definition) is 7. The molecule has 0 bridgehead atoms. The third-order valence-electron chi connectivity index (χ3n) is 2.48. The molecule has 0 radical (unpaired) electrons. The van der Waals surface area contributed by atoms with E-state index in [1.54, 1.807) is 0 Å². The van der Waals surface area contributed by atoms with E-state index in [4.69, 9.17) is 13.9 Å². The highest BCUT2D eigenvalue weighted by Crippen LogP contribution is 2.26. The van der Waals surface area contributed by atoms with Gasteiger partial charge in [-0.1, -0.05) is 0 Å². The zero-order chi connectivity index (χ0) is 13.8. The van der Waals surface area contributed by atoms with Gasteiger partial charge in [-0.15, -0.1) is 22.0 Å². The van der Waals surface area contributed by atoms with Crippen LogP contribution in [0, 0.1) is 13.8 Å². The van der Waals surface area contributed by atoms with Crippen molar-refractivity contribution in [3.63, 3.8) is 0 Å². The predicted octanol–water partition coefficient (Wildman–Crippen LogP) is 1.53. The van der Waals surface area contributed by atoms with E-state index >= 15 is 0 Å². The van der Waals surface area contributed by atoms with Crippen LogP contribution in [0.5, 0.6) is 0 Å². The Morgan fingerprint density at radius 2 is 2.11 bits per heavy atom. The van der Waals surface area contributed by atoms with E-state index in [-0.39, 0.29) is 6.61 Å². The Morgan fingerprint density at radius 1 is 1.32 bits per heavy atom. The summed E-state index contributed by atoms with van der Waals surface area (Å²) >= 11 is 1.43. The molecule has 0 aliphatic rings. The Labute approximate surface area is 114 Å². The Morgan fingerprint density at radius 3 is 2.74 bits per heavy atom. The molecule has 1 unspecified atom stereocenters. The van der Waals surface area contributed by atoms with Gasteiger partial charge in [0.25, 0.3) is 5.89 Å². The molecule has 2 aromatic rings. The minimum atomic E-state index is -0.717. The number of thioether (sulfide) groups is 1. The molecule has 0 amide bonds. The third-order valence-corrected chi connectivity index (χ3v) is 3.56. The number of aliphatic hydroxyl groups is 2. The smallest absolute Gasteiger partial charge is 0.251 e. The van der Waals surface area contributed by atoms with E-state index in [1.165, 1.54) is 11.8 Å². The standard InChI is InChI=1S/C12H16N2O4S/c1-7-3-10(8(2)17-7)12-14-13-11(18-12)6-19-5-9(16)4-15/h3,9,15-16H,4-6H2,1-2H3. The summed E-state index contributed by atoms with van der Waals surface area (Å²) in [6.07, 6.45) is -0.717. The first-order chi connectivity index (χ1) is 9.10. The first kappa shape index (κ1) is 14.1. The van der Waals surface area contributed by atoms with Gasteiger partial charge in [-0.2, -0.15) is 0 Å². The maximum Gasteiger partial charge on any atom is 0.251 e. The molecule has 6 nitrogen and oxygen atoms in total. The quantitative estimate of drug-likeness (QED) is 0.831. The zero-order valence-corrected chi connectivity index (χ0v) is 11.6. The van der Waals surface area contributed by atoms with Gasteiger partial charge in [0.2, 0.25) is 5.89 Å². The Balaban J connectivity index is 1.97. The van der Waals surface area contributed by atoms with Crippen LogP contribution in [0.2, 0.25) is 0 Å². The largest absolute Gasteiger partial charge is 0.466 e. The first-order valence-electron chi connectivity index (χ1n) is 5.86. The fraction of sp³-hybridized carbons (Fsp3) is 0.500. The van der Waals surface area contributed by atoms with Crippen molar-refractivity contribution in [3.05, 3.63) is 23.5 Å². The molecular formula is C12H16N2O4S. The monoisotopic (exact) mass is 284 g/mol. The molecule has 0 saturated heterocycles. The molecular weight excluding hydrogens is 268 g/mol. The molecule has 0 saturated carbocycles. The lowest BCUT2D eigenvalue weighted by Gasteiger charge is -2.03. The topological polar surface area (TPSA) is 92.5 Å². The summed E-state index contributed by atoms with van der Waals surface area (Å²) < 4.78 is 10.9. The minimum absolute atomic E-state index is 0.241. The van der Waals surface area contributed by atoms with Gasteiger partial charge in [-0.3, -0.25) is 0 Å². The summed E-state index contributed by atoms with van der Waals surface area (Å²) in [7, 11) is 0. The van der Waals surface area contributed by atoms with Crippen LogP contribution in [0.25, 0.3) is 11.5 Å². The highest BCUT2D eigenvalue weighted by atomic mass is 32.2. The molecule has 2 rings (SSSR count). The van der Waals surface area contributed by atoms with Crippen LogP contribution in [-0.4, -0.2) is 38.9 Å². The highest BCUT2D eigenvalue weighted by Gasteiger charge is 2.14. The van der Waals surface area contributed by atoms with Crippen LogP contribution in [0.1, 0.15) is 17.4 Å². The van der Waals surface area contributed by atoms with E-state index < -0.39 is 6.10 Å². The van der Waals surface area contributed by atoms with E-state index in [2.05, 4.69) is 10.2 Å². The SMILES string of the molecule is Cc1cc(-c2nnc(CSCC(O)CO)o2)c(C)o1. The number of furan rings is 1. The summed E-state index contributed by atoms with van der Waals surface area (Å²) in [6.45, 7) is 3.47.